The molecule has 30 heavy (non-hydrogen) atoms. The fraction of sp³-hybridized carbons (Fsp3) is 0.375. The molecule has 0 spiro atoms. The number of hydrogen-bond acceptors (Lipinski definition) is 2. The van der Waals surface area contributed by atoms with Crippen molar-refractivity contribution >= 4 is 16.9 Å². The molecule has 0 atom stereocenters. The minimum atomic E-state index is -0.771. The predicted octanol–water partition coefficient (Wildman–Crippen LogP) is 5.38. The molecule has 4 nitrogen and oxygen atoms in total. The van der Waals surface area contributed by atoms with Crippen LogP contribution in [-0.4, -0.2) is 28.9 Å². The van der Waals surface area contributed by atoms with E-state index in [0.29, 0.717) is 26.1 Å². The first kappa shape index (κ1) is 19.2. The van der Waals surface area contributed by atoms with Crippen LogP contribution >= 0.6 is 0 Å². The molecule has 2 aliphatic rings. The lowest BCUT2D eigenvalue weighted by atomic mass is 9.69. The summed E-state index contributed by atoms with van der Waals surface area (Å²) in [6, 6.07) is 11.1. The maximum atomic E-state index is 14.3. The van der Waals surface area contributed by atoms with Crippen molar-refractivity contribution in [1.82, 2.24) is 4.57 Å². The first-order valence-corrected chi connectivity index (χ1v) is 10.4. The molecule has 2 heterocycles. The van der Waals surface area contributed by atoms with Crippen molar-refractivity contribution in [1.29, 1.82) is 0 Å². The number of benzene rings is 2. The highest BCUT2D eigenvalue weighted by Gasteiger charge is 2.40. The molecule has 0 unspecified atom stereocenters. The number of nitrogens with zero attached hydrogens (tertiary/aromatic N) is 1. The smallest absolute Gasteiger partial charge is 0.306 e. The predicted molar refractivity (Wildman–Crippen MR) is 109 cm³/mol. The minimum Gasteiger partial charge on any atom is -0.481 e. The number of rotatable bonds is 4. The van der Waals surface area contributed by atoms with Crippen molar-refractivity contribution in [3.63, 3.8) is 0 Å². The van der Waals surface area contributed by atoms with Crippen LogP contribution in [0.4, 0.5) is 8.78 Å². The fourth-order valence-electron chi connectivity index (χ4n) is 5.03. The van der Waals surface area contributed by atoms with Gasteiger partial charge in [0.1, 0.15) is 11.6 Å². The summed E-state index contributed by atoms with van der Waals surface area (Å²) >= 11 is 0. The van der Waals surface area contributed by atoms with Crippen molar-refractivity contribution < 1.29 is 23.4 Å². The van der Waals surface area contributed by atoms with Crippen LogP contribution < -0.4 is 0 Å². The van der Waals surface area contributed by atoms with E-state index >= 15 is 0 Å². The zero-order valence-electron chi connectivity index (χ0n) is 16.5. The van der Waals surface area contributed by atoms with Crippen molar-refractivity contribution in [2.75, 3.05) is 13.2 Å². The molecule has 1 saturated carbocycles. The number of carbonyl (C=O) groups is 1. The maximum Gasteiger partial charge on any atom is 0.306 e. The van der Waals surface area contributed by atoms with Crippen molar-refractivity contribution in [2.45, 2.75) is 37.5 Å². The first-order chi connectivity index (χ1) is 14.5. The number of carboxylic acid groups (broad SMARTS) is 1. The van der Waals surface area contributed by atoms with Gasteiger partial charge in [-0.25, -0.2) is 8.78 Å². The second-order valence-electron chi connectivity index (χ2n) is 8.36. The molecule has 1 aliphatic carbocycles. The van der Waals surface area contributed by atoms with E-state index in [4.69, 9.17) is 4.74 Å². The molecule has 0 radical (unpaired) electrons. The zero-order chi connectivity index (χ0) is 20.8. The molecule has 2 fully saturated rings. The van der Waals surface area contributed by atoms with Crippen LogP contribution in [0.5, 0.6) is 0 Å². The van der Waals surface area contributed by atoms with Gasteiger partial charge in [0.15, 0.2) is 0 Å². The Morgan fingerprint density at radius 1 is 0.967 bits per heavy atom. The van der Waals surface area contributed by atoms with Crippen LogP contribution in [0.3, 0.4) is 0 Å². The first-order valence-electron chi connectivity index (χ1n) is 10.4. The van der Waals surface area contributed by atoms with E-state index in [0.717, 1.165) is 40.7 Å². The molecule has 6 heteroatoms. The van der Waals surface area contributed by atoms with E-state index in [1.807, 2.05) is 0 Å². The van der Waals surface area contributed by atoms with Crippen LogP contribution in [0.2, 0.25) is 0 Å². The van der Waals surface area contributed by atoms with Crippen LogP contribution in [-0.2, 0) is 9.53 Å². The van der Waals surface area contributed by atoms with Gasteiger partial charge in [-0.05, 0) is 79.6 Å². The summed E-state index contributed by atoms with van der Waals surface area (Å²) in [5.74, 6) is -1.44. The fourth-order valence-corrected chi connectivity index (χ4v) is 5.03. The summed E-state index contributed by atoms with van der Waals surface area (Å²) in [7, 11) is 0. The van der Waals surface area contributed by atoms with Gasteiger partial charge in [0, 0.05) is 35.9 Å². The number of ether oxygens (including phenoxy) is 1. The Hall–Kier alpha value is -2.73. The van der Waals surface area contributed by atoms with Gasteiger partial charge < -0.3 is 14.4 Å². The Labute approximate surface area is 173 Å². The average Bonchev–Trinajstić information content (AvgIpc) is 3.02. The monoisotopic (exact) mass is 411 g/mol. The molecule has 1 N–H and O–H groups in total. The Morgan fingerprint density at radius 3 is 2.30 bits per heavy atom. The van der Waals surface area contributed by atoms with E-state index in [1.165, 1.54) is 18.2 Å². The molecule has 1 aromatic heterocycles. The van der Waals surface area contributed by atoms with Gasteiger partial charge in [0.25, 0.3) is 0 Å². The molecule has 1 aliphatic heterocycles. The Bertz CT molecular complexity index is 1090. The molecule has 156 valence electrons. The topological polar surface area (TPSA) is 51.5 Å². The second-order valence-corrected chi connectivity index (χ2v) is 8.36. The van der Waals surface area contributed by atoms with Crippen LogP contribution in [0.15, 0.2) is 42.5 Å². The Balaban J connectivity index is 1.74. The summed E-state index contributed by atoms with van der Waals surface area (Å²) in [5.41, 5.74) is 3.85. The Morgan fingerprint density at radius 2 is 1.63 bits per heavy atom. The summed E-state index contributed by atoms with van der Waals surface area (Å²) in [4.78, 5) is 11.4. The quantitative estimate of drug-likeness (QED) is 0.627. The normalized spacial score (nSPS) is 22.2. The van der Waals surface area contributed by atoms with Gasteiger partial charge >= 0.3 is 5.97 Å². The highest BCUT2D eigenvalue weighted by Crippen LogP contribution is 2.50. The van der Waals surface area contributed by atoms with Gasteiger partial charge in [0.2, 0.25) is 0 Å². The number of carboxylic acids is 1. The van der Waals surface area contributed by atoms with E-state index < -0.39 is 5.97 Å². The number of halogens is 2. The summed E-state index contributed by atoms with van der Waals surface area (Å²) in [6.45, 7) is 1.32. The summed E-state index contributed by atoms with van der Waals surface area (Å²) in [5, 5.41) is 10.2. The zero-order valence-corrected chi connectivity index (χ0v) is 16.5. The third kappa shape index (κ3) is 3.19. The molecule has 1 saturated heterocycles. The van der Waals surface area contributed by atoms with Gasteiger partial charge in [0.05, 0.1) is 11.4 Å². The number of fused-ring (bicyclic) bond motifs is 1. The molecular weight excluding hydrogens is 388 g/mol. The third-order valence-corrected chi connectivity index (χ3v) is 6.59. The lowest BCUT2D eigenvalue weighted by Crippen LogP contribution is -2.30. The molecule has 5 rings (SSSR count). The van der Waals surface area contributed by atoms with E-state index in [1.54, 1.807) is 24.3 Å². The van der Waals surface area contributed by atoms with Crippen molar-refractivity contribution in [3.8, 4) is 5.69 Å². The van der Waals surface area contributed by atoms with Gasteiger partial charge in [-0.3, -0.25) is 4.79 Å². The highest BCUT2D eigenvalue weighted by molar-refractivity contribution is 5.89. The summed E-state index contributed by atoms with van der Waals surface area (Å²) in [6.07, 6.45) is 2.82. The van der Waals surface area contributed by atoms with Gasteiger partial charge in [-0.1, -0.05) is 0 Å². The van der Waals surface area contributed by atoms with Crippen LogP contribution in [0, 0.1) is 17.6 Å². The number of aromatic nitrogens is 1. The highest BCUT2D eigenvalue weighted by atomic mass is 19.1. The minimum absolute atomic E-state index is 0.0787. The third-order valence-electron chi connectivity index (χ3n) is 6.59. The largest absolute Gasteiger partial charge is 0.481 e. The maximum absolute atomic E-state index is 14.3. The second kappa shape index (κ2) is 7.51. The number of aliphatic carboxylic acids is 1. The van der Waals surface area contributed by atoms with Crippen molar-refractivity contribution in [2.24, 2.45) is 5.92 Å². The molecule has 3 aromatic rings. The van der Waals surface area contributed by atoms with Crippen molar-refractivity contribution in [3.05, 3.63) is 65.4 Å². The molecular formula is C24H23F2NO3. The molecule has 0 amide bonds. The number of hydrogen-bond donors (Lipinski definition) is 1. The van der Waals surface area contributed by atoms with Gasteiger partial charge in [-0.2, -0.15) is 0 Å². The SMILES string of the molecule is O=C(O)C1CC(c2c(C3CCOCC3)n(-c3ccc(F)cc3)c3ccc(F)cc23)C1. The average molecular weight is 411 g/mol. The Kier molecular flexibility index (Phi) is 4.82. The molecule has 2 aromatic carbocycles. The standard InChI is InChI=1S/C24H23F2NO3/c25-17-1-4-19(5-2-17)27-21-6-3-18(26)13-20(21)22(15-11-16(12-15)24(28)29)23(27)14-7-9-30-10-8-14/h1-6,13-16H,7-12H2,(H,28,29). The lowest BCUT2D eigenvalue weighted by molar-refractivity contribution is -0.145. The summed E-state index contributed by atoms with van der Waals surface area (Å²) < 4.78 is 35.6. The van der Waals surface area contributed by atoms with Crippen LogP contribution in [0.1, 0.15) is 48.8 Å². The van der Waals surface area contributed by atoms with Gasteiger partial charge in [-0.15, -0.1) is 0 Å². The lowest BCUT2D eigenvalue weighted by Gasteiger charge is -2.35. The molecule has 0 bridgehead atoms. The van der Waals surface area contributed by atoms with E-state index in [2.05, 4.69) is 4.57 Å². The van der Waals surface area contributed by atoms with E-state index in [-0.39, 0.29) is 29.4 Å². The van der Waals surface area contributed by atoms with E-state index in [9.17, 15) is 18.7 Å². The van der Waals surface area contributed by atoms with Crippen LogP contribution in [0.25, 0.3) is 16.6 Å².